The van der Waals surface area contributed by atoms with Crippen molar-refractivity contribution in [1.29, 1.82) is 0 Å². The average molecular weight is 626 g/mol. The summed E-state index contributed by atoms with van der Waals surface area (Å²) in [6.45, 7) is 0. The van der Waals surface area contributed by atoms with Crippen molar-refractivity contribution in [3.63, 3.8) is 0 Å². The number of hydrogen-bond donors (Lipinski definition) is 0. The van der Waals surface area contributed by atoms with Gasteiger partial charge in [0.2, 0.25) is 5.71 Å². The van der Waals surface area contributed by atoms with Crippen LogP contribution in [0.1, 0.15) is 0 Å². The molecule has 49 heavy (non-hydrogen) atoms. The van der Waals surface area contributed by atoms with E-state index in [0.717, 1.165) is 49.7 Å². The highest BCUT2D eigenvalue weighted by Crippen LogP contribution is 2.42. The number of hydrogen-bond acceptors (Lipinski definition) is 2. The Morgan fingerprint density at radius 1 is 0.408 bits per heavy atom. The first-order valence-electron chi connectivity index (χ1n) is 16.6. The van der Waals surface area contributed by atoms with E-state index in [1.54, 1.807) is 0 Å². The molecule has 0 saturated heterocycles. The first-order chi connectivity index (χ1) is 24.3. The van der Waals surface area contributed by atoms with Gasteiger partial charge in [-0.1, -0.05) is 109 Å². The zero-order valence-electron chi connectivity index (χ0n) is 26.3. The molecule has 11 rings (SSSR count). The van der Waals surface area contributed by atoms with E-state index in [9.17, 15) is 0 Å². The summed E-state index contributed by atoms with van der Waals surface area (Å²) in [6, 6.07) is 58.5. The molecule has 0 amide bonds. The quantitative estimate of drug-likeness (QED) is 0.196. The minimum atomic E-state index is 0.650. The number of rotatable bonds is 3. The van der Waals surface area contributed by atoms with Crippen molar-refractivity contribution in [2.45, 2.75) is 0 Å². The Kier molecular flexibility index (Phi) is 5.35. The number of aromatic nitrogens is 3. The largest absolute Gasteiger partial charge is 0.438 e. The molecule has 11 aromatic rings. The molecule has 0 aliphatic rings. The molecule has 0 spiro atoms. The highest BCUT2D eigenvalue weighted by atomic mass is 16.3. The molecule has 0 unspecified atom stereocenters. The van der Waals surface area contributed by atoms with Crippen molar-refractivity contribution >= 4 is 76.6 Å². The van der Waals surface area contributed by atoms with Gasteiger partial charge in [0.15, 0.2) is 0 Å². The number of pyridine rings is 1. The van der Waals surface area contributed by atoms with E-state index in [-0.39, 0.29) is 0 Å². The molecule has 7 aromatic carbocycles. The second kappa shape index (κ2) is 9.93. The third kappa shape index (κ3) is 3.71. The Hall–Kier alpha value is -6.65. The van der Waals surface area contributed by atoms with Crippen LogP contribution in [0.15, 0.2) is 168 Å². The van der Waals surface area contributed by atoms with Crippen LogP contribution in [0.2, 0.25) is 0 Å². The Morgan fingerprint density at radius 3 is 1.84 bits per heavy atom. The van der Waals surface area contributed by atoms with Gasteiger partial charge in [-0.05, 0) is 65.7 Å². The lowest BCUT2D eigenvalue weighted by Crippen LogP contribution is -1.98. The molecule has 4 heteroatoms. The van der Waals surface area contributed by atoms with E-state index < -0.39 is 0 Å². The van der Waals surface area contributed by atoms with Crippen LogP contribution in [0.25, 0.3) is 99.1 Å². The van der Waals surface area contributed by atoms with E-state index in [1.807, 2.05) is 18.2 Å². The fourth-order valence-electron chi connectivity index (χ4n) is 7.99. The van der Waals surface area contributed by atoms with Gasteiger partial charge in [0.25, 0.3) is 0 Å². The van der Waals surface area contributed by atoms with Crippen molar-refractivity contribution in [2.75, 3.05) is 0 Å². The van der Waals surface area contributed by atoms with Crippen molar-refractivity contribution in [3.8, 4) is 22.5 Å². The Morgan fingerprint density at radius 2 is 1.00 bits per heavy atom. The third-order valence-electron chi connectivity index (χ3n) is 10.1. The topological polar surface area (TPSA) is 35.9 Å². The van der Waals surface area contributed by atoms with Crippen molar-refractivity contribution in [2.24, 2.45) is 0 Å². The fraction of sp³-hybridized carbons (Fsp3) is 0. The maximum absolute atomic E-state index is 6.40. The van der Waals surface area contributed by atoms with Gasteiger partial charge in [0.1, 0.15) is 5.58 Å². The minimum Gasteiger partial charge on any atom is -0.438 e. The summed E-state index contributed by atoms with van der Waals surface area (Å²) < 4.78 is 11.2. The number of fused-ring (bicyclic) bond motifs is 10. The summed E-state index contributed by atoms with van der Waals surface area (Å²) in [6.07, 6.45) is 0. The summed E-state index contributed by atoms with van der Waals surface area (Å²) in [4.78, 5) is 5.01. The van der Waals surface area contributed by atoms with Gasteiger partial charge in [-0.3, -0.25) is 0 Å². The molecule has 0 fully saturated rings. The summed E-state index contributed by atoms with van der Waals surface area (Å²) in [7, 11) is 0. The molecule has 4 heterocycles. The number of furan rings is 1. The highest BCUT2D eigenvalue weighted by molar-refractivity contribution is 6.19. The Bertz CT molecular complexity index is 3110. The number of nitrogens with zero attached hydrogens (tertiary/aromatic N) is 3. The normalized spacial score (nSPS) is 12.1. The van der Waals surface area contributed by atoms with Crippen LogP contribution in [0.4, 0.5) is 0 Å². The van der Waals surface area contributed by atoms with Gasteiger partial charge in [0, 0.05) is 38.0 Å². The Labute approximate surface area is 280 Å². The molecule has 0 saturated carbocycles. The van der Waals surface area contributed by atoms with Crippen LogP contribution in [0.5, 0.6) is 0 Å². The maximum Gasteiger partial charge on any atom is 0.230 e. The SMILES string of the molecule is c1ccc(-n2c3ccccc3c3cc(-c4ccc5c6ccccc6n(-c6c7ccccc7nc7oc8ccccc8c67)c5c4)ccc32)cc1. The molecule has 4 nitrogen and oxygen atoms in total. The Balaban J connectivity index is 1.22. The smallest absolute Gasteiger partial charge is 0.230 e. The highest BCUT2D eigenvalue weighted by Gasteiger charge is 2.22. The first kappa shape index (κ1) is 26.4. The van der Waals surface area contributed by atoms with Crippen LogP contribution >= 0.6 is 0 Å². The molecule has 0 radical (unpaired) electrons. The zero-order valence-corrected chi connectivity index (χ0v) is 26.3. The van der Waals surface area contributed by atoms with Crippen molar-refractivity contribution in [3.05, 3.63) is 164 Å². The molecule has 0 aliphatic heterocycles. The van der Waals surface area contributed by atoms with Gasteiger partial charge >= 0.3 is 0 Å². The van der Waals surface area contributed by atoms with E-state index in [0.29, 0.717) is 5.71 Å². The molecule has 0 bridgehead atoms. The minimum absolute atomic E-state index is 0.650. The lowest BCUT2D eigenvalue weighted by molar-refractivity contribution is 0.656. The third-order valence-corrected chi connectivity index (χ3v) is 10.1. The van der Waals surface area contributed by atoms with Crippen LogP contribution in [-0.4, -0.2) is 14.1 Å². The molecule has 4 aromatic heterocycles. The van der Waals surface area contributed by atoms with Gasteiger partial charge < -0.3 is 13.6 Å². The lowest BCUT2D eigenvalue weighted by atomic mass is 10.0. The van der Waals surface area contributed by atoms with E-state index in [4.69, 9.17) is 9.40 Å². The van der Waals surface area contributed by atoms with E-state index in [1.165, 1.54) is 43.7 Å². The van der Waals surface area contributed by atoms with E-state index >= 15 is 0 Å². The number of benzene rings is 7. The van der Waals surface area contributed by atoms with E-state index in [2.05, 4.69) is 155 Å². The summed E-state index contributed by atoms with van der Waals surface area (Å²) in [5.41, 5.74) is 11.7. The van der Waals surface area contributed by atoms with Crippen molar-refractivity contribution in [1.82, 2.24) is 14.1 Å². The fourth-order valence-corrected chi connectivity index (χ4v) is 7.99. The van der Waals surface area contributed by atoms with Crippen LogP contribution in [0.3, 0.4) is 0 Å². The zero-order chi connectivity index (χ0) is 32.1. The number of para-hydroxylation sites is 5. The van der Waals surface area contributed by atoms with Gasteiger partial charge in [-0.2, -0.15) is 0 Å². The molecule has 228 valence electrons. The monoisotopic (exact) mass is 625 g/mol. The standard InChI is InChI=1S/C45H27N3O/c1-2-12-30(13-3-1)47-38-19-9-6-15-32(38)36-26-28(23-25-40(36)47)29-22-24-33-31-14-5-10-20-39(31)48(41(33)27-29)44-34-16-4-8-18-37(34)46-45-43(44)35-17-7-11-21-42(35)49-45/h1-27H. The summed E-state index contributed by atoms with van der Waals surface area (Å²) in [5.74, 6) is 0. The maximum atomic E-state index is 6.40. The first-order valence-corrected chi connectivity index (χ1v) is 16.6. The second-order valence-corrected chi connectivity index (χ2v) is 12.8. The summed E-state index contributed by atoms with van der Waals surface area (Å²) in [5, 5.41) is 8.09. The molecule has 0 aliphatic carbocycles. The summed E-state index contributed by atoms with van der Waals surface area (Å²) >= 11 is 0. The van der Waals surface area contributed by atoms with Crippen LogP contribution in [0, 0.1) is 0 Å². The molecular formula is C45H27N3O. The lowest BCUT2D eigenvalue weighted by Gasteiger charge is -2.13. The van der Waals surface area contributed by atoms with Gasteiger partial charge in [-0.25, -0.2) is 4.98 Å². The second-order valence-electron chi connectivity index (χ2n) is 12.8. The van der Waals surface area contributed by atoms with Crippen molar-refractivity contribution < 1.29 is 4.42 Å². The van der Waals surface area contributed by atoms with Crippen LogP contribution in [-0.2, 0) is 0 Å². The van der Waals surface area contributed by atoms with Crippen LogP contribution < -0.4 is 0 Å². The molecular weight excluding hydrogens is 599 g/mol. The molecule has 0 atom stereocenters. The average Bonchev–Trinajstić information content (AvgIpc) is 3.81. The predicted octanol–water partition coefficient (Wildman–Crippen LogP) is 12.0. The van der Waals surface area contributed by atoms with Gasteiger partial charge in [0.05, 0.1) is 38.7 Å². The molecule has 0 N–H and O–H groups in total. The predicted molar refractivity (Wildman–Crippen MR) is 203 cm³/mol. The van der Waals surface area contributed by atoms with Gasteiger partial charge in [-0.15, -0.1) is 0 Å².